The van der Waals surface area contributed by atoms with Gasteiger partial charge in [-0.05, 0) is 68.5 Å². The van der Waals surface area contributed by atoms with Crippen molar-refractivity contribution in [1.82, 2.24) is 10.2 Å². The summed E-state index contributed by atoms with van der Waals surface area (Å²) in [7, 11) is 0. The number of hydrogen-bond acceptors (Lipinski definition) is 3. The van der Waals surface area contributed by atoms with Crippen LogP contribution in [0.2, 0.25) is 5.02 Å². The second-order valence-electron chi connectivity index (χ2n) is 8.79. The van der Waals surface area contributed by atoms with E-state index in [1.165, 1.54) is 6.42 Å². The van der Waals surface area contributed by atoms with E-state index in [1.807, 2.05) is 44.2 Å². The molecule has 0 unspecified atom stereocenters. The van der Waals surface area contributed by atoms with Crippen LogP contribution in [0, 0.1) is 13.8 Å². The SMILES string of the molecule is Cc1cc(OCC(=O)N(Cc2ccccc2Cl)[C@H](C)C(=O)NC2CCCCC2)cc(C)c1Br. The average molecular weight is 536 g/mol. The number of nitrogens with one attached hydrogen (secondary N) is 1. The number of carbonyl (C=O) groups excluding carboxylic acids is 2. The molecule has 0 heterocycles. The number of rotatable bonds is 8. The Bertz CT molecular complexity index is 968. The lowest BCUT2D eigenvalue weighted by molar-refractivity contribution is -0.142. The molecular formula is C26H32BrClN2O3. The van der Waals surface area contributed by atoms with E-state index in [0.717, 1.165) is 46.8 Å². The first-order valence-electron chi connectivity index (χ1n) is 11.5. The number of nitrogens with zero attached hydrogens (tertiary/aromatic N) is 1. The van der Waals surface area contributed by atoms with E-state index in [0.29, 0.717) is 10.8 Å². The van der Waals surface area contributed by atoms with Crippen LogP contribution in [0.1, 0.15) is 55.7 Å². The molecular weight excluding hydrogens is 504 g/mol. The van der Waals surface area contributed by atoms with Gasteiger partial charge in [-0.3, -0.25) is 9.59 Å². The highest BCUT2D eigenvalue weighted by molar-refractivity contribution is 9.10. The number of aryl methyl sites for hydroxylation is 2. The van der Waals surface area contributed by atoms with Crippen LogP contribution >= 0.6 is 27.5 Å². The van der Waals surface area contributed by atoms with Gasteiger partial charge < -0.3 is 15.0 Å². The number of hydrogen-bond donors (Lipinski definition) is 1. The van der Waals surface area contributed by atoms with Gasteiger partial charge in [-0.25, -0.2) is 0 Å². The van der Waals surface area contributed by atoms with Gasteiger partial charge in [-0.2, -0.15) is 0 Å². The highest BCUT2D eigenvalue weighted by atomic mass is 79.9. The van der Waals surface area contributed by atoms with E-state index in [4.69, 9.17) is 16.3 Å². The van der Waals surface area contributed by atoms with Crippen LogP contribution in [0.4, 0.5) is 0 Å². The van der Waals surface area contributed by atoms with Crippen molar-refractivity contribution >= 4 is 39.3 Å². The van der Waals surface area contributed by atoms with E-state index >= 15 is 0 Å². The minimum atomic E-state index is -0.646. The standard InChI is InChI=1S/C26H32BrClN2O3/c1-17-13-22(14-18(2)25(17)27)33-16-24(31)30(15-20-9-7-8-12-23(20)28)19(3)26(32)29-21-10-5-4-6-11-21/h7-9,12-14,19,21H,4-6,10-11,15-16H2,1-3H3,(H,29,32)/t19-/m1/s1. The number of halogens is 2. The number of ether oxygens (including phenoxy) is 1. The summed E-state index contributed by atoms with van der Waals surface area (Å²) in [6.45, 7) is 5.80. The Labute approximate surface area is 210 Å². The molecule has 2 aromatic rings. The highest BCUT2D eigenvalue weighted by Crippen LogP contribution is 2.26. The molecule has 2 amide bonds. The molecule has 178 valence electrons. The molecule has 5 nitrogen and oxygen atoms in total. The molecule has 1 fully saturated rings. The summed E-state index contributed by atoms with van der Waals surface area (Å²) in [5.41, 5.74) is 2.86. The molecule has 1 saturated carbocycles. The zero-order chi connectivity index (χ0) is 24.0. The van der Waals surface area contributed by atoms with E-state index in [-0.39, 0.29) is 31.0 Å². The quantitative estimate of drug-likeness (QED) is 0.453. The topological polar surface area (TPSA) is 58.6 Å². The molecule has 1 aliphatic carbocycles. The Balaban J connectivity index is 1.74. The molecule has 1 aliphatic rings. The molecule has 0 aliphatic heterocycles. The first kappa shape index (κ1) is 25.6. The monoisotopic (exact) mass is 534 g/mol. The smallest absolute Gasteiger partial charge is 0.261 e. The maximum absolute atomic E-state index is 13.3. The van der Waals surface area contributed by atoms with Crippen molar-refractivity contribution in [2.75, 3.05) is 6.61 Å². The number of benzene rings is 2. The van der Waals surface area contributed by atoms with Gasteiger partial charge in [0.15, 0.2) is 6.61 Å². The summed E-state index contributed by atoms with van der Waals surface area (Å²) in [5, 5.41) is 3.70. The van der Waals surface area contributed by atoms with E-state index < -0.39 is 6.04 Å². The van der Waals surface area contributed by atoms with Crippen molar-refractivity contribution in [1.29, 1.82) is 0 Å². The van der Waals surface area contributed by atoms with E-state index in [9.17, 15) is 9.59 Å². The lowest BCUT2D eigenvalue weighted by atomic mass is 9.95. The third kappa shape index (κ3) is 6.97. The van der Waals surface area contributed by atoms with Gasteiger partial charge in [0.2, 0.25) is 5.91 Å². The molecule has 3 rings (SSSR count). The van der Waals surface area contributed by atoms with Crippen LogP contribution in [0.25, 0.3) is 0 Å². The van der Waals surface area contributed by atoms with Crippen molar-refractivity contribution in [3.05, 3.63) is 62.6 Å². The van der Waals surface area contributed by atoms with Gasteiger partial charge in [0.05, 0.1) is 0 Å². The zero-order valence-corrected chi connectivity index (χ0v) is 21.8. The molecule has 0 saturated heterocycles. The average Bonchev–Trinajstić information content (AvgIpc) is 2.80. The Kier molecular flexibility index (Phi) is 9.21. The van der Waals surface area contributed by atoms with Crippen LogP contribution in [0.5, 0.6) is 5.75 Å². The summed E-state index contributed by atoms with van der Waals surface area (Å²) in [5.74, 6) is 0.218. The lowest BCUT2D eigenvalue weighted by Gasteiger charge is -2.31. The normalized spacial score (nSPS) is 15.1. The van der Waals surface area contributed by atoms with Crippen molar-refractivity contribution in [2.24, 2.45) is 0 Å². The maximum Gasteiger partial charge on any atom is 0.261 e. The Morgan fingerprint density at radius 3 is 2.42 bits per heavy atom. The zero-order valence-electron chi connectivity index (χ0n) is 19.5. The van der Waals surface area contributed by atoms with Gasteiger partial charge in [-0.15, -0.1) is 0 Å². The van der Waals surface area contributed by atoms with Gasteiger partial charge >= 0.3 is 0 Å². The number of carbonyl (C=O) groups is 2. The summed E-state index contributed by atoms with van der Waals surface area (Å²) < 4.78 is 6.86. The lowest BCUT2D eigenvalue weighted by Crippen LogP contribution is -2.51. The molecule has 33 heavy (non-hydrogen) atoms. The highest BCUT2D eigenvalue weighted by Gasteiger charge is 2.29. The second kappa shape index (κ2) is 11.9. The van der Waals surface area contributed by atoms with Crippen molar-refractivity contribution in [3.63, 3.8) is 0 Å². The largest absolute Gasteiger partial charge is 0.484 e. The Hall–Kier alpha value is -2.05. The van der Waals surface area contributed by atoms with Crippen molar-refractivity contribution < 1.29 is 14.3 Å². The summed E-state index contributed by atoms with van der Waals surface area (Å²) in [4.78, 5) is 27.9. The van der Waals surface area contributed by atoms with Crippen molar-refractivity contribution in [2.45, 2.75) is 71.5 Å². The molecule has 7 heteroatoms. The molecule has 2 aromatic carbocycles. The molecule has 0 aromatic heterocycles. The van der Waals surface area contributed by atoms with Gasteiger partial charge in [-0.1, -0.05) is 65.0 Å². The fourth-order valence-corrected chi connectivity index (χ4v) is 4.60. The van der Waals surface area contributed by atoms with Crippen LogP contribution in [-0.2, 0) is 16.1 Å². The summed E-state index contributed by atoms with van der Waals surface area (Å²) in [6, 6.07) is 10.7. The van der Waals surface area contributed by atoms with Crippen LogP contribution < -0.4 is 10.1 Å². The van der Waals surface area contributed by atoms with Gasteiger partial charge in [0.1, 0.15) is 11.8 Å². The van der Waals surface area contributed by atoms with Crippen LogP contribution in [0.15, 0.2) is 40.9 Å². The molecule has 0 radical (unpaired) electrons. The molecule has 1 atom stereocenters. The molecule has 0 spiro atoms. The summed E-state index contributed by atoms with van der Waals surface area (Å²) >= 11 is 9.91. The number of amides is 2. The summed E-state index contributed by atoms with van der Waals surface area (Å²) in [6.07, 6.45) is 5.44. The fourth-order valence-electron chi connectivity index (χ4n) is 4.18. The third-order valence-corrected chi connectivity index (χ3v) is 7.81. The fraction of sp³-hybridized carbons (Fsp3) is 0.462. The minimum Gasteiger partial charge on any atom is -0.484 e. The first-order chi connectivity index (χ1) is 15.8. The third-order valence-electron chi connectivity index (χ3n) is 6.19. The predicted octanol–water partition coefficient (Wildman–Crippen LogP) is 5.96. The van der Waals surface area contributed by atoms with Crippen LogP contribution in [0.3, 0.4) is 0 Å². The van der Waals surface area contributed by atoms with E-state index in [2.05, 4.69) is 21.2 Å². The van der Waals surface area contributed by atoms with Crippen LogP contribution in [-0.4, -0.2) is 35.4 Å². The van der Waals surface area contributed by atoms with E-state index in [1.54, 1.807) is 17.9 Å². The van der Waals surface area contributed by atoms with Gasteiger partial charge in [0.25, 0.3) is 5.91 Å². The first-order valence-corrected chi connectivity index (χ1v) is 12.7. The maximum atomic E-state index is 13.3. The Morgan fingerprint density at radius 1 is 1.15 bits per heavy atom. The molecule has 1 N–H and O–H groups in total. The molecule has 0 bridgehead atoms. The second-order valence-corrected chi connectivity index (χ2v) is 9.99. The predicted molar refractivity (Wildman–Crippen MR) is 136 cm³/mol. The van der Waals surface area contributed by atoms with Crippen molar-refractivity contribution in [3.8, 4) is 5.75 Å². The van der Waals surface area contributed by atoms with Gasteiger partial charge in [0, 0.05) is 22.1 Å². The minimum absolute atomic E-state index is 0.141. The Morgan fingerprint density at radius 2 is 1.79 bits per heavy atom.